The third kappa shape index (κ3) is 3.11. The lowest BCUT2D eigenvalue weighted by atomic mass is 10.1. The fourth-order valence-electron chi connectivity index (χ4n) is 2.83. The van der Waals surface area contributed by atoms with E-state index in [9.17, 15) is 4.79 Å². The van der Waals surface area contributed by atoms with Crippen molar-refractivity contribution in [1.82, 2.24) is 24.8 Å². The average molecular weight is 435 g/mol. The number of hydrogen-bond donors (Lipinski definition) is 1. The van der Waals surface area contributed by atoms with Gasteiger partial charge in [0.15, 0.2) is 3.77 Å². The minimum atomic E-state index is -0.0995. The Hall–Kier alpha value is -2.07. The smallest absolute Gasteiger partial charge is 0.255 e. The van der Waals surface area contributed by atoms with Crippen molar-refractivity contribution in [1.29, 1.82) is 0 Å². The summed E-state index contributed by atoms with van der Waals surface area (Å²) in [6, 6.07) is 3.91. The first kappa shape index (κ1) is 15.5. The van der Waals surface area contributed by atoms with Crippen LogP contribution in [0.5, 0.6) is 0 Å². The Morgan fingerprint density at radius 2 is 2.12 bits per heavy atom. The fourth-order valence-corrected chi connectivity index (χ4v) is 3.29. The fraction of sp³-hybridized carbons (Fsp3) is 0.250. The Labute approximate surface area is 151 Å². The molecule has 1 N–H and O–H groups in total. The number of rotatable bonds is 3. The number of nitrogens with one attached hydrogen (secondary N) is 1. The minimum absolute atomic E-state index is 0.0995. The number of halogens is 1. The van der Waals surface area contributed by atoms with Crippen molar-refractivity contribution in [3.63, 3.8) is 0 Å². The molecule has 0 aromatic carbocycles. The van der Waals surface area contributed by atoms with Crippen molar-refractivity contribution in [2.75, 3.05) is 6.54 Å². The highest BCUT2D eigenvalue weighted by molar-refractivity contribution is 14.1. The zero-order valence-corrected chi connectivity index (χ0v) is 14.9. The van der Waals surface area contributed by atoms with Gasteiger partial charge in [-0.1, -0.05) is 0 Å². The van der Waals surface area contributed by atoms with Crippen LogP contribution in [0.15, 0.2) is 40.1 Å². The van der Waals surface area contributed by atoms with E-state index >= 15 is 0 Å². The van der Waals surface area contributed by atoms with Crippen molar-refractivity contribution in [2.24, 2.45) is 0 Å². The van der Waals surface area contributed by atoms with Crippen molar-refractivity contribution in [2.45, 2.75) is 19.5 Å². The van der Waals surface area contributed by atoms with Crippen LogP contribution in [-0.4, -0.2) is 31.4 Å². The van der Waals surface area contributed by atoms with Crippen molar-refractivity contribution < 1.29 is 4.42 Å². The number of aromatic nitrogens is 4. The summed E-state index contributed by atoms with van der Waals surface area (Å²) < 4.78 is 6.48. The Morgan fingerprint density at radius 3 is 2.88 bits per heavy atom. The van der Waals surface area contributed by atoms with E-state index in [4.69, 9.17) is 4.42 Å². The first-order valence-electron chi connectivity index (χ1n) is 7.53. The molecule has 0 saturated carbocycles. The Morgan fingerprint density at radius 1 is 1.29 bits per heavy atom. The van der Waals surface area contributed by atoms with Crippen LogP contribution in [0.4, 0.5) is 0 Å². The van der Waals surface area contributed by atoms with Gasteiger partial charge in [0.2, 0.25) is 0 Å². The van der Waals surface area contributed by atoms with Crippen LogP contribution in [0.2, 0.25) is 0 Å². The second-order valence-electron chi connectivity index (χ2n) is 5.63. The first-order chi connectivity index (χ1) is 11.7. The molecule has 1 aliphatic heterocycles. The molecule has 0 fully saturated rings. The maximum absolute atomic E-state index is 12.5. The van der Waals surface area contributed by atoms with Gasteiger partial charge in [0.05, 0.1) is 23.4 Å². The molecule has 4 heterocycles. The molecule has 0 atom stereocenters. The van der Waals surface area contributed by atoms with Crippen LogP contribution >= 0.6 is 22.6 Å². The van der Waals surface area contributed by atoms with Crippen LogP contribution in [0, 0.1) is 3.77 Å². The third-order valence-corrected chi connectivity index (χ3v) is 4.57. The first-order valence-corrected chi connectivity index (χ1v) is 8.61. The third-order valence-electron chi connectivity index (χ3n) is 3.99. The summed E-state index contributed by atoms with van der Waals surface area (Å²) >= 11 is 2.15. The van der Waals surface area contributed by atoms with Gasteiger partial charge in [0.25, 0.3) is 5.56 Å². The molecule has 0 amide bonds. The van der Waals surface area contributed by atoms with Crippen LogP contribution in [0.25, 0.3) is 11.4 Å². The number of furan rings is 1. The molecule has 24 heavy (non-hydrogen) atoms. The SMILES string of the molecule is O=c1[nH]c(-c2cncnc2)nc2c1CN(Cc1ccc(I)o1)CC2. The summed E-state index contributed by atoms with van der Waals surface area (Å²) in [5.74, 6) is 1.43. The lowest BCUT2D eigenvalue weighted by Gasteiger charge is -2.26. The number of H-pyrrole nitrogens is 1. The second kappa shape index (κ2) is 6.44. The average Bonchev–Trinajstić information content (AvgIpc) is 3.01. The van der Waals surface area contributed by atoms with Crippen LogP contribution in [-0.2, 0) is 19.5 Å². The molecule has 3 aromatic heterocycles. The molecular weight excluding hydrogens is 421 g/mol. The highest BCUT2D eigenvalue weighted by atomic mass is 127. The molecular formula is C16H14IN5O2. The number of aromatic amines is 1. The normalized spacial score (nSPS) is 14.5. The van der Waals surface area contributed by atoms with Gasteiger partial charge in [0, 0.05) is 31.9 Å². The zero-order valence-electron chi connectivity index (χ0n) is 12.7. The van der Waals surface area contributed by atoms with Gasteiger partial charge in [0.1, 0.15) is 17.9 Å². The number of hydrogen-bond acceptors (Lipinski definition) is 6. The van der Waals surface area contributed by atoms with E-state index < -0.39 is 0 Å². The summed E-state index contributed by atoms with van der Waals surface area (Å²) in [5, 5.41) is 0. The second-order valence-corrected chi connectivity index (χ2v) is 6.70. The maximum Gasteiger partial charge on any atom is 0.255 e. The van der Waals surface area contributed by atoms with Gasteiger partial charge in [-0.15, -0.1) is 0 Å². The summed E-state index contributed by atoms with van der Waals surface area (Å²) in [6.07, 6.45) is 5.47. The maximum atomic E-state index is 12.5. The Balaban J connectivity index is 1.59. The largest absolute Gasteiger partial charge is 0.454 e. The van der Waals surface area contributed by atoms with Crippen LogP contribution in [0.3, 0.4) is 0 Å². The van der Waals surface area contributed by atoms with Gasteiger partial charge in [-0.25, -0.2) is 15.0 Å². The molecule has 0 radical (unpaired) electrons. The monoisotopic (exact) mass is 435 g/mol. The quantitative estimate of drug-likeness (QED) is 0.634. The van der Waals surface area contributed by atoms with Crippen molar-refractivity contribution in [3.8, 4) is 11.4 Å². The van der Waals surface area contributed by atoms with E-state index in [1.54, 1.807) is 12.4 Å². The highest BCUT2D eigenvalue weighted by Gasteiger charge is 2.22. The molecule has 0 unspecified atom stereocenters. The van der Waals surface area contributed by atoms with Gasteiger partial charge < -0.3 is 9.40 Å². The van der Waals surface area contributed by atoms with Crippen molar-refractivity contribution >= 4 is 22.6 Å². The Bertz CT molecular complexity index is 922. The van der Waals surface area contributed by atoms with E-state index in [1.807, 2.05) is 12.1 Å². The number of nitrogens with zero attached hydrogens (tertiary/aromatic N) is 4. The summed E-state index contributed by atoms with van der Waals surface area (Å²) in [4.78, 5) is 30.1. The van der Waals surface area contributed by atoms with Gasteiger partial charge in [-0.05, 0) is 34.7 Å². The lowest BCUT2D eigenvalue weighted by molar-refractivity contribution is 0.221. The van der Waals surface area contributed by atoms with E-state index in [0.29, 0.717) is 24.5 Å². The topological polar surface area (TPSA) is 87.9 Å². The minimum Gasteiger partial charge on any atom is -0.454 e. The zero-order chi connectivity index (χ0) is 16.5. The van der Waals surface area contributed by atoms with Gasteiger partial charge >= 0.3 is 0 Å². The molecule has 4 rings (SSSR count). The van der Waals surface area contributed by atoms with E-state index in [0.717, 1.165) is 33.8 Å². The summed E-state index contributed by atoms with van der Waals surface area (Å²) in [7, 11) is 0. The molecule has 0 saturated heterocycles. The predicted molar refractivity (Wildman–Crippen MR) is 95.1 cm³/mol. The van der Waals surface area contributed by atoms with Crippen LogP contribution in [0.1, 0.15) is 17.0 Å². The van der Waals surface area contributed by atoms with Crippen molar-refractivity contribution in [3.05, 3.63) is 62.0 Å². The summed E-state index contributed by atoms with van der Waals surface area (Å²) in [6.45, 7) is 2.10. The summed E-state index contributed by atoms with van der Waals surface area (Å²) in [5.41, 5.74) is 2.19. The molecule has 122 valence electrons. The molecule has 7 nitrogen and oxygen atoms in total. The van der Waals surface area contributed by atoms with Gasteiger partial charge in [-0.3, -0.25) is 9.69 Å². The lowest BCUT2D eigenvalue weighted by Crippen LogP contribution is -2.35. The molecule has 3 aromatic rings. The molecule has 0 spiro atoms. The van der Waals surface area contributed by atoms with Gasteiger partial charge in [-0.2, -0.15) is 0 Å². The molecule has 8 heteroatoms. The molecule has 0 bridgehead atoms. The van der Waals surface area contributed by atoms with E-state index in [-0.39, 0.29) is 5.56 Å². The molecule has 1 aliphatic rings. The Kier molecular flexibility index (Phi) is 4.15. The predicted octanol–water partition coefficient (Wildman–Crippen LogP) is 1.98. The molecule has 0 aliphatic carbocycles. The van der Waals surface area contributed by atoms with Crippen LogP contribution < -0.4 is 5.56 Å². The number of fused-ring (bicyclic) bond motifs is 1. The standard InChI is InChI=1S/C16H14IN5O2/c17-14-2-1-11(24-14)7-22-4-3-13-12(8-22)16(23)21-15(20-13)10-5-18-9-19-6-10/h1-2,5-6,9H,3-4,7-8H2,(H,20,21,23). The van der Waals surface area contributed by atoms with E-state index in [2.05, 4.69) is 47.4 Å². The highest BCUT2D eigenvalue weighted by Crippen LogP contribution is 2.20. The van der Waals surface area contributed by atoms with E-state index in [1.165, 1.54) is 6.33 Å².